The van der Waals surface area contributed by atoms with Crippen molar-refractivity contribution in [1.82, 2.24) is 0 Å². The van der Waals surface area contributed by atoms with Crippen molar-refractivity contribution < 1.29 is 0 Å². The molecule has 1 aliphatic carbocycles. The largest absolute Gasteiger partial charge is 0.0654 e. The lowest BCUT2D eigenvalue weighted by molar-refractivity contribution is 0.227. The summed E-state index contributed by atoms with van der Waals surface area (Å²) in [5.41, 5.74) is 0.665. The maximum Gasteiger partial charge on any atom is -0.0326 e. The lowest BCUT2D eigenvalue weighted by Gasteiger charge is -2.29. The van der Waals surface area contributed by atoms with Gasteiger partial charge >= 0.3 is 0 Å². The maximum absolute atomic E-state index is 2.54. The van der Waals surface area contributed by atoms with Gasteiger partial charge in [-0.15, -0.1) is 0 Å². The molecule has 2 unspecified atom stereocenters. The average Bonchev–Trinajstić information content (AvgIpc) is 2.26. The molecule has 0 radical (unpaired) electrons. The van der Waals surface area contributed by atoms with Crippen molar-refractivity contribution in [2.24, 2.45) is 11.3 Å². The minimum absolute atomic E-state index is 0.665. The Hall–Kier alpha value is 0. The Labute approximate surface area is 103 Å². The topological polar surface area (TPSA) is 0 Å². The second kappa shape index (κ2) is 7.35. The third-order valence-electron chi connectivity index (χ3n) is 4.56. The van der Waals surface area contributed by atoms with E-state index in [0.29, 0.717) is 5.41 Å². The molecular formula is C16H32. The number of rotatable bonds is 2. The molecule has 0 saturated heterocycles. The molecule has 96 valence electrons. The summed E-state index contributed by atoms with van der Waals surface area (Å²) in [4.78, 5) is 0. The van der Waals surface area contributed by atoms with Gasteiger partial charge in [0.2, 0.25) is 0 Å². The molecule has 0 aromatic heterocycles. The Kier molecular flexibility index (Phi) is 6.46. The van der Waals surface area contributed by atoms with E-state index >= 15 is 0 Å². The van der Waals surface area contributed by atoms with Crippen molar-refractivity contribution in [2.75, 3.05) is 0 Å². The van der Waals surface area contributed by atoms with Gasteiger partial charge in [0.1, 0.15) is 0 Å². The Balaban J connectivity index is 2.44. The van der Waals surface area contributed by atoms with Crippen LogP contribution < -0.4 is 0 Å². The zero-order chi connectivity index (χ0) is 11.9. The second-order valence-electron chi connectivity index (χ2n) is 6.51. The van der Waals surface area contributed by atoms with Crippen LogP contribution >= 0.6 is 0 Å². The van der Waals surface area contributed by atoms with E-state index in [2.05, 4.69) is 20.8 Å². The highest BCUT2D eigenvalue weighted by molar-refractivity contribution is 4.75. The third kappa shape index (κ3) is 5.37. The van der Waals surface area contributed by atoms with Crippen molar-refractivity contribution in [2.45, 2.75) is 91.4 Å². The monoisotopic (exact) mass is 224 g/mol. The van der Waals surface area contributed by atoms with Gasteiger partial charge in [0.25, 0.3) is 0 Å². The normalized spacial score (nSPS) is 34.3. The standard InChI is InChI=1S/C16H32/c1-4-12-16(3)13-8-6-5-7-10-15(2)11-9-14-16/h15H,4-14H2,1-3H3. The van der Waals surface area contributed by atoms with Gasteiger partial charge in [-0.25, -0.2) is 0 Å². The Morgan fingerprint density at radius 3 is 2.31 bits per heavy atom. The van der Waals surface area contributed by atoms with Gasteiger partial charge in [0.15, 0.2) is 0 Å². The minimum Gasteiger partial charge on any atom is -0.0654 e. The van der Waals surface area contributed by atoms with Gasteiger partial charge in [0.05, 0.1) is 0 Å². The van der Waals surface area contributed by atoms with Crippen LogP contribution in [0, 0.1) is 11.3 Å². The molecule has 16 heavy (non-hydrogen) atoms. The average molecular weight is 224 g/mol. The van der Waals surface area contributed by atoms with E-state index in [1.165, 1.54) is 70.6 Å². The summed E-state index contributed by atoms with van der Waals surface area (Å²) in [6.45, 7) is 7.34. The van der Waals surface area contributed by atoms with Crippen molar-refractivity contribution >= 4 is 0 Å². The number of hydrogen-bond donors (Lipinski definition) is 0. The molecule has 1 aliphatic rings. The van der Waals surface area contributed by atoms with E-state index in [1.807, 2.05) is 0 Å². The van der Waals surface area contributed by atoms with E-state index < -0.39 is 0 Å². The van der Waals surface area contributed by atoms with Gasteiger partial charge in [-0.2, -0.15) is 0 Å². The quantitative estimate of drug-likeness (QED) is 0.543. The van der Waals surface area contributed by atoms with Crippen LogP contribution in [0.3, 0.4) is 0 Å². The first kappa shape index (κ1) is 14.1. The molecule has 0 amide bonds. The van der Waals surface area contributed by atoms with Crippen molar-refractivity contribution in [3.05, 3.63) is 0 Å². The molecule has 1 fully saturated rings. The highest BCUT2D eigenvalue weighted by Gasteiger charge is 2.22. The van der Waals surface area contributed by atoms with E-state index in [0.717, 1.165) is 5.92 Å². The minimum atomic E-state index is 0.665. The van der Waals surface area contributed by atoms with E-state index in [9.17, 15) is 0 Å². The molecule has 0 N–H and O–H groups in total. The molecule has 0 aromatic rings. The lowest BCUT2D eigenvalue weighted by atomic mass is 9.76. The zero-order valence-electron chi connectivity index (χ0n) is 11.9. The molecule has 0 spiro atoms. The summed E-state index contributed by atoms with van der Waals surface area (Å²) in [5, 5.41) is 0. The first-order valence-electron chi connectivity index (χ1n) is 7.66. The van der Waals surface area contributed by atoms with Crippen LogP contribution in [0.5, 0.6) is 0 Å². The Morgan fingerprint density at radius 2 is 1.56 bits per heavy atom. The fraction of sp³-hybridized carbons (Fsp3) is 1.00. The van der Waals surface area contributed by atoms with Crippen LogP contribution in [0.15, 0.2) is 0 Å². The first-order chi connectivity index (χ1) is 7.66. The molecule has 0 heterocycles. The van der Waals surface area contributed by atoms with Crippen LogP contribution in [0.2, 0.25) is 0 Å². The van der Waals surface area contributed by atoms with Gasteiger partial charge in [0, 0.05) is 0 Å². The molecule has 0 aromatic carbocycles. The highest BCUT2D eigenvalue weighted by Crippen LogP contribution is 2.37. The smallest absolute Gasteiger partial charge is 0.0326 e. The van der Waals surface area contributed by atoms with E-state index in [1.54, 1.807) is 0 Å². The second-order valence-corrected chi connectivity index (χ2v) is 6.51. The highest BCUT2D eigenvalue weighted by atomic mass is 14.3. The Bertz CT molecular complexity index is 173. The number of hydrogen-bond acceptors (Lipinski definition) is 0. The van der Waals surface area contributed by atoms with Gasteiger partial charge in [-0.3, -0.25) is 0 Å². The molecule has 0 aliphatic heterocycles. The molecule has 0 nitrogen and oxygen atoms in total. The van der Waals surface area contributed by atoms with Gasteiger partial charge in [-0.05, 0) is 30.6 Å². The fourth-order valence-electron chi connectivity index (χ4n) is 3.40. The van der Waals surface area contributed by atoms with Crippen LogP contribution in [-0.2, 0) is 0 Å². The fourth-order valence-corrected chi connectivity index (χ4v) is 3.40. The summed E-state index contributed by atoms with van der Waals surface area (Å²) < 4.78 is 0. The summed E-state index contributed by atoms with van der Waals surface area (Å²) in [6.07, 6.45) is 16.1. The van der Waals surface area contributed by atoms with Crippen LogP contribution in [0.25, 0.3) is 0 Å². The summed E-state index contributed by atoms with van der Waals surface area (Å²) in [6, 6.07) is 0. The van der Waals surface area contributed by atoms with Gasteiger partial charge in [-0.1, -0.05) is 72.1 Å². The predicted molar refractivity (Wildman–Crippen MR) is 73.7 cm³/mol. The molecule has 1 saturated carbocycles. The zero-order valence-corrected chi connectivity index (χ0v) is 11.9. The van der Waals surface area contributed by atoms with Crippen molar-refractivity contribution in [1.29, 1.82) is 0 Å². The van der Waals surface area contributed by atoms with E-state index in [4.69, 9.17) is 0 Å². The molecule has 0 heteroatoms. The maximum atomic E-state index is 2.54. The Morgan fingerprint density at radius 1 is 0.938 bits per heavy atom. The van der Waals surface area contributed by atoms with Crippen LogP contribution in [0.4, 0.5) is 0 Å². The molecular weight excluding hydrogens is 192 g/mol. The van der Waals surface area contributed by atoms with Crippen LogP contribution in [0.1, 0.15) is 91.4 Å². The molecule has 1 rings (SSSR count). The molecule has 2 atom stereocenters. The first-order valence-corrected chi connectivity index (χ1v) is 7.66. The summed E-state index contributed by atoms with van der Waals surface area (Å²) in [5.74, 6) is 0.976. The van der Waals surface area contributed by atoms with Crippen molar-refractivity contribution in [3.8, 4) is 0 Å². The SMILES string of the molecule is CCCC1(C)CCCCCCC(C)CCC1. The van der Waals surface area contributed by atoms with E-state index in [-0.39, 0.29) is 0 Å². The van der Waals surface area contributed by atoms with Gasteiger partial charge < -0.3 is 0 Å². The summed E-state index contributed by atoms with van der Waals surface area (Å²) >= 11 is 0. The summed E-state index contributed by atoms with van der Waals surface area (Å²) in [7, 11) is 0. The predicted octanol–water partition coefficient (Wildman–Crippen LogP) is 5.95. The van der Waals surface area contributed by atoms with Crippen LogP contribution in [-0.4, -0.2) is 0 Å². The lowest BCUT2D eigenvalue weighted by Crippen LogP contribution is -2.16. The molecule has 0 bridgehead atoms. The van der Waals surface area contributed by atoms with Crippen molar-refractivity contribution in [3.63, 3.8) is 0 Å². The third-order valence-corrected chi connectivity index (χ3v) is 4.56.